The van der Waals surface area contributed by atoms with Crippen LogP contribution in [-0.2, 0) is 17.6 Å². The van der Waals surface area contributed by atoms with E-state index >= 15 is 0 Å². The van der Waals surface area contributed by atoms with Crippen LogP contribution in [0.2, 0.25) is 0 Å². The van der Waals surface area contributed by atoms with E-state index in [1.54, 1.807) is 0 Å². The molecule has 0 bridgehead atoms. The van der Waals surface area contributed by atoms with Gasteiger partial charge in [0.05, 0.1) is 12.1 Å². The van der Waals surface area contributed by atoms with Crippen molar-refractivity contribution in [2.24, 2.45) is 5.41 Å². The molecule has 2 heterocycles. The molecule has 1 aromatic carbocycles. The predicted octanol–water partition coefficient (Wildman–Crippen LogP) is 4.80. The smallest absolute Gasteiger partial charge is 0.471 e. The van der Waals surface area contributed by atoms with Gasteiger partial charge < -0.3 is 20.5 Å². The molecule has 1 aliphatic carbocycles. The van der Waals surface area contributed by atoms with E-state index in [1.165, 1.54) is 24.3 Å². The number of pyridine rings is 1. The molecule has 0 radical (unpaired) electrons. The van der Waals surface area contributed by atoms with Crippen LogP contribution in [0, 0.1) is 11.2 Å². The number of aliphatic hydroxyl groups is 1. The van der Waals surface area contributed by atoms with Crippen LogP contribution in [0.4, 0.5) is 17.6 Å². The molecule has 0 saturated heterocycles. The Balaban J connectivity index is 1.52. The van der Waals surface area contributed by atoms with E-state index in [0.29, 0.717) is 17.9 Å². The van der Waals surface area contributed by atoms with Crippen molar-refractivity contribution in [3.63, 3.8) is 0 Å². The maximum Gasteiger partial charge on any atom is 0.471 e. The predicted molar refractivity (Wildman–Crippen MR) is 134 cm³/mol. The van der Waals surface area contributed by atoms with Gasteiger partial charge in [-0.1, -0.05) is 32.9 Å². The second kappa shape index (κ2) is 10.8. The minimum absolute atomic E-state index is 0.0457. The minimum atomic E-state index is -5.10. The normalized spacial score (nSPS) is 20.2. The number of carbonyl (C=O) groups is 1. The van der Waals surface area contributed by atoms with Crippen LogP contribution in [0.15, 0.2) is 36.5 Å². The van der Waals surface area contributed by atoms with Gasteiger partial charge in [-0.3, -0.25) is 4.79 Å². The minimum Gasteiger partial charge on any atom is -0.471 e. The monoisotopic (exact) mass is 537 g/mol. The van der Waals surface area contributed by atoms with Gasteiger partial charge in [-0.05, 0) is 66.8 Å². The molecule has 1 saturated carbocycles. The Bertz CT molecular complexity index is 1130. The molecule has 2 aromatic rings. The molecule has 1 aliphatic heterocycles. The Morgan fingerprint density at radius 2 is 1.87 bits per heavy atom. The summed E-state index contributed by atoms with van der Waals surface area (Å²) in [5, 5.41) is 16.2. The van der Waals surface area contributed by atoms with Gasteiger partial charge in [-0.2, -0.15) is 13.2 Å². The standard InChI is InChI=1S/C28H35F4N3O3/c1-26(2,3)13-18-11-20-22(14-27(9-4-10-27)38-24(20)34-15-18)33-16-23(36)21(35-25(37)28(30,31)32)12-17-5-7-19(29)8-6-17/h5-8,11,15,21-23,33,36H,4,9-10,12-14,16H2,1-3H3,(H,35,37)/t21-,22-,23-/m0/s1. The Hall–Kier alpha value is -2.72. The molecule has 1 fully saturated rings. The molecule has 3 atom stereocenters. The average Bonchev–Trinajstić information content (AvgIpc) is 2.80. The van der Waals surface area contributed by atoms with Crippen LogP contribution in [0.25, 0.3) is 0 Å². The van der Waals surface area contributed by atoms with Crippen LogP contribution in [-0.4, -0.2) is 46.5 Å². The lowest BCUT2D eigenvalue weighted by atomic mass is 9.73. The summed E-state index contributed by atoms with van der Waals surface area (Å²) in [6.45, 7) is 6.33. The highest BCUT2D eigenvalue weighted by Crippen LogP contribution is 2.48. The van der Waals surface area contributed by atoms with E-state index < -0.39 is 30.0 Å². The van der Waals surface area contributed by atoms with Gasteiger partial charge in [0.25, 0.3) is 0 Å². The number of alkyl halides is 3. The average molecular weight is 538 g/mol. The fourth-order valence-electron chi connectivity index (χ4n) is 5.16. The molecule has 2 aliphatic rings. The highest BCUT2D eigenvalue weighted by molar-refractivity contribution is 5.82. The quantitative estimate of drug-likeness (QED) is 0.422. The number of amides is 1. The number of benzene rings is 1. The van der Waals surface area contributed by atoms with Gasteiger partial charge in [0.1, 0.15) is 11.4 Å². The maximum absolute atomic E-state index is 13.3. The summed E-state index contributed by atoms with van der Waals surface area (Å²) in [5.41, 5.74) is 2.09. The van der Waals surface area contributed by atoms with Gasteiger partial charge >= 0.3 is 12.1 Å². The number of aliphatic hydroxyl groups excluding tert-OH is 1. The van der Waals surface area contributed by atoms with Crippen molar-refractivity contribution < 1.29 is 32.2 Å². The first-order valence-electron chi connectivity index (χ1n) is 12.9. The van der Waals surface area contributed by atoms with Gasteiger partial charge in [0.2, 0.25) is 5.88 Å². The molecular formula is C28H35F4N3O3. The largest absolute Gasteiger partial charge is 0.471 e. The number of fused-ring (bicyclic) bond motifs is 1. The third-order valence-electron chi connectivity index (χ3n) is 7.18. The fourth-order valence-corrected chi connectivity index (χ4v) is 5.16. The highest BCUT2D eigenvalue weighted by atomic mass is 19.4. The summed E-state index contributed by atoms with van der Waals surface area (Å²) in [6.07, 6.45) is -0.478. The third kappa shape index (κ3) is 7.02. The summed E-state index contributed by atoms with van der Waals surface area (Å²) < 4.78 is 58.6. The van der Waals surface area contributed by atoms with Crippen molar-refractivity contribution in [2.45, 2.75) is 89.3 Å². The molecule has 3 N–H and O–H groups in total. The molecule has 10 heteroatoms. The molecule has 1 spiro atoms. The van der Waals surface area contributed by atoms with Crippen molar-refractivity contribution in [1.29, 1.82) is 0 Å². The SMILES string of the molecule is CC(C)(C)Cc1cnc2c(c1)[C@@H](NC[C@H](O)[C@H](Cc1ccc(F)cc1)NC(=O)C(F)(F)F)CC1(CCC1)O2. The number of nitrogens with zero attached hydrogens (tertiary/aromatic N) is 1. The van der Waals surface area contributed by atoms with E-state index in [1.807, 2.05) is 17.6 Å². The summed E-state index contributed by atoms with van der Waals surface area (Å²) in [6, 6.07) is 5.77. The second-order valence-electron chi connectivity index (χ2n) is 11.8. The van der Waals surface area contributed by atoms with Crippen LogP contribution in [0.5, 0.6) is 5.88 Å². The van der Waals surface area contributed by atoms with Crippen LogP contribution >= 0.6 is 0 Å². The summed E-state index contributed by atoms with van der Waals surface area (Å²) in [5.74, 6) is -2.09. The molecule has 208 valence electrons. The molecule has 1 amide bonds. The molecule has 4 rings (SSSR count). The fraction of sp³-hybridized carbons (Fsp3) is 0.571. The molecule has 6 nitrogen and oxygen atoms in total. The lowest BCUT2D eigenvalue weighted by molar-refractivity contribution is -0.175. The van der Waals surface area contributed by atoms with E-state index in [2.05, 4.69) is 31.1 Å². The lowest BCUT2D eigenvalue weighted by Crippen LogP contribution is -2.54. The number of carbonyl (C=O) groups excluding carboxylic acids is 1. The Labute approximate surface area is 220 Å². The number of hydrogen-bond donors (Lipinski definition) is 3. The highest BCUT2D eigenvalue weighted by Gasteiger charge is 2.46. The Morgan fingerprint density at radius 1 is 1.18 bits per heavy atom. The molecule has 1 aromatic heterocycles. The number of halogens is 4. The van der Waals surface area contributed by atoms with E-state index in [0.717, 1.165) is 36.8 Å². The van der Waals surface area contributed by atoms with Crippen molar-refractivity contribution in [1.82, 2.24) is 15.6 Å². The van der Waals surface area contributed by atoms with Crippen molar-refractivity contribution in [2.75, 3.05) is 6.54 Å². The summed E-state index contributed by atoms with van der Waals surface area (Å²) in [7, 11) is 0. The molecular weight excluding hydrogens is 502 g/mol. The zero-order chi connectivity index (χ0) is 27.7. The first kappa shape index (κ1) is 28.3. The zero-order valence-corrected chi connectivity index (χ0v) is 21.9. The summed E-state index contributed by atoms with van der Waals surface area (Å²) in [4.78, 5) is 16.3. The van der Waals surface area contributed by atoms with E-state index in [4.69, 9.17) is 4.74 Å². The van der Waals surface area contributed by atoms with Gasteiger partial charge in [-0.25, -0.2) is 9.37 Å². The maximum atomic E-state index is 13.3. The Kier molecular flexibility index (Phi) is 8.04. The second-order valence-corrected chi connectivity index (χ2v) is 11.8. The molecule has 38 heavy (non-hydrogen) atoms. The number of aromatic nitrogens is 1. The number of hydrogen-bond acceptors (Lipinski definition) is 5. The van der Waals surface area contributed by atoms with Crippen molar-refractivity contribution in [3.05, 3.63) is 59.0 Å². The van der Waals surface area contributed by atoms with Gasteiger partial charge in [0, 0.05) is 30.8 Å². The third-order valence-corrected chi connectivity index (χ3v) is 7.18. The zero-order valence-electron chi connectivity index (χ0n) is 21.9. The lowest BCUT2D eigenvalue weighted by Gasteiger charge is -2.47. The summed E-state index contributed by atoms with van der Waals surface area (Å²) >= 11 is 0. The van der Waals surface area contributed by atoms with Crippen molar-refractivity contribution in [3.8, 4) is 5.88 Å². The number of ether oxygens (including phenoxy) is 1. The van der Waals surface area contributed by atoms with Crippen LogP contribution < -0.4 is 15.4 Å². The van der Waals surface area contributed by atoms with E-state index in [-0.39, 0.29) is 30.0 Å². The van der Waals surface area contributed by atoms with Crippen LogP contribution in [0.3, 0.4) is 0 Å². The first-order chi connectivity index (χ1) is 17.7. The first-order valence-corrected chi connectivity index (χ1v) is 12.9. The molecule has 0 unspecified atom stereocenters. The number of rotatable bonds is 8. The van der Waals surface area contributed by atoms with Crippen molar-refractivity contribution >= 4 is 5.91 Å². The van der Waals surface area contributed by atoms with Gasteiger partial charge in [-0.15, -0.1) is 0 Å². The Morgan fingerprint density at radius 3 is 2.45 bits per heavy atom. The number of nitrogens with one attached hydrogen (secondary N) is 2. The topological polar surface area (TPSA) is 83.5 Å². The van der Waals surface area contributed by atoms with E-state index in [9.17, 15) is 27.5 Å². The van der Waals surface area contributed by atoms with Gasteiger partial charge in [0.15, 0.2) is 0 Å². The van der Waals surface area contributed by atoms with Crippen LogP contribution in [0.1, 0.15) is 69.2 Å².